The topological polar surface area (TPSA) is 86.3 Å². The molecule has 2 aliphatic heterocycles. The Kier molecular flexibility index (Phi) is 3.94. The van der Waals surface area contributed by atoms with Crippen LogP contribution in [-0.2, 0) is 19.6 Å². The molecule has 0 spiro atoms. The zero-order valence-electron chi connectivity index (χ0n) is 15.0. The first-order valence-corrected chi connectivity index (χ1v) is 9.95. The number of aromatic nitrogens is 3. The van der Waals surface area contributed by atoms with Crippen molar-refractivity contribution in [1.82, 2.24) is 19.4 Å². The van der Waals surface area contributed by atoms with Gasteiger partial charge >= 0.3 is 11.8 Å². The summed E-state index contributed by atoms with van der Waals surface area (Å²) in [5.74, 6) is -0.181. The molecule has 28 heavy (non-hydrogen) atoms. The molecule has 2 aromatic heterocycles. The highest BCUT2D eigenvalue weighted by Gasteiger charge is 2.42. The van der Waals surface area contributed by atoms with Crippen molar-refractivity contribution >= 4 is 28.8 Å². The van der Waals surface area contributed by atoms with Crippen molar-refractivity contribution in [2.24, 2.45) is 0 Å². The maximum atomic E-state index is 10.8. The molecule has 0 radical (unpaired) electrons. The van der Waals surface area contributed by atoms with Gasteiger partial charge in [-0.1, -0.05) is 23.7 Å². The molecule has 1 aromatic carbocycles. The van der Waals surface area contributed by atoms with Crippen LogP contribution in [0.25, 0.3) is 10.6 Å². The molecule has 0 bridgehead atoms. The Morgan fingerprint density at radius 1 is 1.32 bits per heavy atom. The molecule has 5 rings (SSSR count). The van der Waals surface area contributed by atoms with E-state index in [0.717, 1.165) is 29.4 Å². The molecule has 3 aromatic rings. The van der Waals surface area contributed by atoms with Gasteiger partial charge in [-0.05, 0) is 24.0 Å². The van der Waals surface area contributed by atoms with Gasteiger partial charge in [-0.2, -0.15) is 0 Å². The van der Waals surface area contributed by atoms with Crippen LogP contribution in [0.5, 0.6) is 6.01 Å². The third kappa shape index (κ3) is 3.05. The van der Waals surface area contributed by atoms with E-state index in [1.807, 2.05) is 31.2 Å². The Balaban J connectivity index is 1.26. The summed E-state index contributed by atoms with van der Waals surface area (Å²) in [5.41, 5.74) is 1.71. The van der Waals surface area contributed by atoms with E-state index in [0.29, 0.717) is 24.1 Å². The van der Waals surface area contributed by atoms with Crippen molar-refractivity contribution in [2.45, 2.75) is 32.2 Å². The second-order valence-electron chi connectivity index (χ2n) is 7.36. The number of imidazole rings is 1. The number of hydrogen-bond acceptors (Lipinski definition) is 7. The van der Waals surface area contributed by atoms with Crippen molar-refractivity contribution in [3.05, 3.63) is 56.2 Å². The minimum atomic E-state index is -0.505. The predicted octanol–water partition coefficient (Wildman–Crippen LogP) is 3.74. The lowest BCUT2D eigenvalue weighted by Crippen LogP contribution is -2.43. The lowest BCUT2D eigenvalue weighted by Gasteiger charge is -2.27. The SMILES string of the molecule is CC1(CN2Cc3nc(-c4ccc(Cl)cc4)sc3C2)Cn2cc([N+](=O)[O-])nc2O1. The number of rotatable bonds is 4. The third-order valence-electron chi connectivity index (χ3n) is 4.92. The summed E-state index contributed by atoms with van der Waals surface area (Å²) in [6.07, 6.45) is 1.43. The summed E-state index contributed by atoms with van der Waals surface area (Å²) in [5, 5.41) is 12.6. The van der Waals surface area contributed by atoms with Crippen molar-refractivity contribution in [1.29, 1.82) is 0 Å². The highest BCUT2D eigenvalue weighted by molar-refractivity contribution is 7.15. The number of halogens is 1. The third-order valence-corrected chi connectivity index (χ3v) is 6.31. The van der Waals surface area contributed by atoms with Gasteiger partial charge in [0, 0.05) is 40.1 Å². The van der Waals surface area contributed by atoms with Gasteiger partial charge in [0.2, 0.25) is 0 Å². The predicted molar refractivity (Wildman–Crippen MR) is 105 cm³/mol. The quantitative estimate of drug-likeness (QED) is 0.474. The minimum Gasteiger partial charge on any atom is -0.436 e. The molecular weight excluding hydrogens is 402 g/mol. The minimum absolute atomic E-state index is 0.181. The Bertz CT molecular complexity index is 1030. The number of thiazole rings is 1. The molecule has 0 N–H and O–H groups in total. The monoisotopic (exact) mass is 417 g/mol. The van der Waals surface area contributed by atoms with Gasteiger partial charge in [0.15, 0.2) is 0 Å². The van der Waals surface area contributed by atoms with E-state index in [2.05, 4.69) is 9.88 Å². The first-order valence-electron chi connectivity index (χ1n) is 8.76. The number of fused-ring (bicyclic) bond motifs is 2. The summed E-state index contributed by atoms with van der Waals surface area (Å²) < 4.78 is 7.65. The van der Waals surface area contributed by atoms with Crippen molar-refractivity contribution < 1.29 is 9.66 Å². The highest BCUT2D eigenvalue weighted by Crippen LogP contribution is 2.37. The fourth-order valence-electron chi connectivity index (χ4n) is 3.77. The van der Waals surface area contributed by atoms with E-state index in [-0.39, 0.29) is 5.82 Å². The van der Waals surface area contributed by atoms with Gasteiger partial charge in [-0.25, -0.2) is 4.98 Å². The van der Waals surface area contributed by atoms with Gasteiger partial charge in [-0.3, -0.25) is 9.47 Å². The lowest BCUT2D eigenvalue weighted by molar-refractivity contribution is -0.389. The van der Waals surface area contributed by atoms with Crippen LogP contribution in [0.2, 0.25) is 5.02 Å². The fraction of sp³-hybridized carbons (Fsp3) is 0.333. The summed E-state index contributed by atoms with van der Waals surface area (Å²) in [7, 11) is 0. The standard InChI is InChI=1S/C18H16ClN5O3S/c1-18(10-23-8-15(24(25)26)21-17(23)27-18)9-22-6-13-14(7-22)28-16(20-13)11-2-4-12(19)5-3-11/h2-5,8H,6-7,9-10H2,1H3. The van der Waals surface area contributed by atoms with Crippen LogP contribution in [0.1, 0.15) is 17.5 Å². The van der Waals surface area contributed by atoms with Crippen LogP contribution in [0.15, 0.2) is 30.5 Å². The normalized spacial score (nSPS) is 20.8. The van der Waals surface area contributed by atoms with E-state index in [4.69, 9.17) is 21.3 Å². The van der Waals surface area contributed by atoms with Crippen LogP contribution in [0, 0.1) is 10.1 Å². The molecule has 4 heterocycles. The van der Waals surface area contributed by atoms with Crippen LogP contribution in [0.4, 0.5) is 5.82 Å². The molecule has 0 saturated heterocycles. The Labute approximate surface area is 169 Å². The first kappa shape index (κ1) is 17.6. The molecular formula is C18H16ClN5O3S. The maximum absolute atomic E-state index is 10.8. The number of benzene rings is 1. The van der Waals surface area contributed by atoms with Gasteiger partial charge in [0.25, 0.3) is 0 Å². The molecule has 0 fully saturated rings. The molecule has 1 atom stereocenters. The van der Waals surface area contributed by atoms with E-state index in [1.54, 1.807) is 15.9 Å². The van der Waals surface area contributed by atoms with Crippen LogP contribution in [-0.4, -0.2) is 36.5 Å². The maximum Gasteiger partial charge on any atom is 0.415 e. The molecule has 2 aliphatic rings. The summed E-state index contributed by atoms with van der Waals surface area (Å²) in [4.78, 5) is 22.6. The van der Waals surface area contributed by atoms with Crippen molar-refractivity contribution in [3.8, 4) is 16.6 Å². The van der Waals surface area contributed by atoms with Gasteiger partial charge < -0.3 is 14.9 Å². The first-order chi connectivity index (χ1) is 13.4. The van der Waals surface area contributed by atoms with E-state index < -0.39 is 10.5 Å². The number of nitrogens with zero attached hydrogens (tertiary/aromatic N) is 5. The molecule has 0 amide bonds. The zero-order valence-corrected chi connectivity index (χ0v) is 16.5. The van der Waals surface area contributed by atoms with E-state index >= 15 is 0 Å². The Morgan fingerprint density at radius 3 is 2.79 bits per heavy atom. The van der Waals surface area contributed by atoms with Crippen molar-refractivity contribution in [3.63, 3.8) is 0 Å². The summed E-state index contributed by atoms with van der Waals surface area (Å²) in [6.45, 7) is 4.83. The zero-order chi connectivity index (χ0) is 19.5. The van der Waals surface area contributed by atoms with Gasteiger partial charge in [0.1, 0.15) is 16.8 Å². The number of ether oxygens (including phenoxy) is 1. The summed E-state index contributed by atoms with van der Waals surface area (Å²) >= 11 is 7.67. The average Bonchev–Trinajstić information content (AvgIpc) is 3.33. The lowest BCUT2D eigenvalue weighted by atomic mass is 10.1. The van der Waals surface area contributed by atoms with Crippen molar-refractivity contribution in [2.75, 3.05) is 6.54 Å². The van der Waals surface area contributed by atoms with Gasteiger partial charge in [0.05, 0.1) is 12.2 Å². The van der Waals surface area contributed by atoms with Gasteiger partial charge in [-0.15, -0.1) is 11.3 Å². The average molecular weight is 418 g/mol. The van der Waals surface area contributed by atoms with E-state index in [9.17, 15) is 10.1 Å². The van der Waals surface area contributed by atoms with E-state index in [1.165, 1.54) is 11.1 Å². The number of nitro groups is 1. The van der Waals surface area contributed by atoms with Crippen LogP contribution < -0.4 is 4.74 Å². The molecule has 1 unspecified atom stereocenters. The summed E-state index contributed by atoms with van der Waals surface area (Å²) in [6, 6.07) is 8.04. The Morgan fingerprint density at radius 2 is 2.11 bits per heavy atom. The second kappa shape index (κ2) is 6.26. The molecule has 10 heteroatoms. The molecule has 0 aliphatic carbocycles. The molecule has 0 saturated carbocycles. The fourth-order valence-corrected chi connectivity index (χ4v) is 5.01. The smallest absolute Gasteiger partial charge is 0.415 e. The largest absolute Gasteiger partial charge is 0.436 e. The highest BCUT2D eigenvalue weighted by atomic mass is 35.5. The number of hydrogen-bond donors (Lipinski definition) is 0. The second-order valence-corrected chi connectivity index (χ2v) is 8.88. The van der Waals surface area contributed by atoms with Crippen LogP contribution >= 0.6 is 22.9 Å². The molecule has 8 nitrogen and oxygen atoms in total. The van der Waals surface area contributed by atoms with Crippen LogP contribution in [0.3, 0.4) is 0 Å². The molecule has 144 valence electrons. The Hall–Kier alpha value is -2.49.